The molecular weight excluding hydrogens is 326 g/mol. The fourth-order valence-electron chi connectivity index (χ4n) is 3.03. The van der Waals surface area contributed by atoms with Crippen molar-refractivity contribution in [3.05, 3.63) is 45.7 Å². The monoisotopic (exact) mass is 345 g/mol. The highest BCUT2D eigenvalue weighted by Crippen LogP contribution is 2.43. The Bertz CT molecular complexity index is 726. The normalized spacial score (nSPS) is 21.5. The minimum absolute atomic E-state index is 0.0491. The molecule has 0 bridgehead atoms. The second kappa shape index (κ2) is 6.24. The summed E-state index contributed by atoms with van der Waals surface area (Å²) >= 11 is 3.51. The largest absolute Gasteiger partial charge is 0.345 e. The van der Waals surface area contributed by atoms with Gasteiger partial charge in [0.2, 0.25) is 5.91 Å². The molecular formula is C17H19N3OS2. The van der Waals surface area contributed by atoms with Gasteiger partial charge in [-0.15, -0.1) is 23.1 Å². The molecule has 4 rings (SSSR count). The van der Waals surface area contributed by atoms with E-state index in [4.69, 9.17) is 0 Å². The van der Waals surface area contributed by atoms with Gasteiger partial charge in [0.15, 0.2) is 5.82 Å². The van der Waals surface area contributed by atoms with Gasteiger partial charge in [0.25, 0.3) is 0 Å². The van der Waals surface area contributed by atoms with Crippen LogP contribution >= 0.6 is 23.1 Å². The number of amides is 1. The Labute approximate surface area is 144 Å². The summed E-state index contributed by atoms with van der Waals surface area (Å²) in [6.07, 6.45) is 5.15. The fraction of sp³-hybridized carbons (Fsp3) is 0.471. The Kier molecular flexibility index (Phi) is 4.11. The Morgan fingerprint density at radius 2 is 2.26 bits per heavy atom. The maximum Gasteiger partial charge on any atom is 0.238 e. The van der Waals surface area contributed by atoms with E-state index in [0.29, 0.717) is 5.92 Å². The van der Waals surface area contributed by atoms with Crippen molar-refractivity contribution >= 4 is 29.0 Å². The number of hydrogen-bond acceptors (Lipinski definition) is 5. The summed E-state index contributed by atoms with van der Waals surface area (Å²) in [5.74, 6) is 2.36. The molecule has 0 spiro atoms. The molecule has 4 nitrogen and oxygen atoms in total. The molecule has 2 aromatic heterocycles. The van der Waals surface area contributed by atoms with Gasteiger partial charge in [0.1, 0.15) is 5.25 Å². The van der Waals surface area contributed by atoms with Gasteiger partial charge in [0.05, 0.1) is 6.04 Å². The topological polar surface area (TPSA) is 54.9 Å². The molecule has 23 heavy (non-hydrogen) atoms. The number of aryl methyl sites for hydroxylation is 2. The molecule has 2 atom stereocenters. The SMILES string of the molecule is Cc1ccnc([C@@H](NC(=O)[C@H]2SCCc3sccc32)C2CC2)n1. The van der Waals surface area contributed by atoms with Crippen LogP contribution in [0.5, 0.6) is 0 Å². The molecule has 1 aliphatic carbocycles. The van der Waals surface area contributed by atoms with Crippen LogP contribution in [0.15, 0.2) is 23.7 Å². The summed E-state index contributed by atoms with van der Waals surface area (Å²) in [6, 6.07) is 3.95. The zero-order chi connectivity index (χ0) is 15.8. The summed E-state index contributed by atoms with van der Waals surface area (Å²) in [5.41, 5.74) is 2.14. The molecule has 1 aliphatic heterocycles. The quantitative estimate of drug-likeness (QED) is 0.922. The van der Waals surface area contributed by atoms with Gasteiger partial charge in [-0.05, 0) is 60.9 Å². The minimum Gasteiger partial charge on any atom is -0.345 e. The van der Waals surface area contributed by atoms with E-state index in [-0.39, 0.29) is 17.2 Å². The lowest BCUT2D eigenvalue weighted by molar-refractivity contribution is -0.121. The summed E-state index contributed by atoms with van der Waals surface area (Å²) in [4.78, 5) is 23.2. The zero-order valence-corrected chi connectivity index (χ0v) is 14.6. The minimum atomic E-state index is -0.0870. The fourth-order valence-corrected chi connectivity index (χ4v) is 5.34. The summed E-state index contributed by atoms with van der Waals surface area (Å²) in [5, 5.41) is 5.25. The smallest absolute Gasteiger partial charge is 0.238 e. The number of nitrogens with one attached hydrogen (secondary N) is 1. The van der Waals surface area contributed by atoms with E-state index in [9.17, 15) is 4.79 Å². The van der Waals surface area contributed by atoms with Crippen molar-refractivity contribution in [1.82, 2.24) is 15.3 Å². The third kappa shape index (κ3) is 3.15. The molecule has 0 aromatic carbocycles. The first-order valence-corrected chi connectivity index (χ1v) is 9.93. The first-order valence-electron chi connectivity index (χ1n) is 8.00. The molecule has 0 unspecified atom stereocenters. The number of hydrogen-bond donors (Lipinski definition) is 1. The number of aromatic nitrogens is 2. The van der Waals surface area contributed by atoms with E-state index in [1.54, 1.807) is 29.3 Å². The predicted octanol–water partition coefficient (Wildman–Crippen LogP) is 3.44. The maximum atomic E-state index is 12.9. The Hall–Kier alpha value is -1.40. The van der Waals surface area contributed by atoms with Gasteiger partial charge in [-0.3, -0.25) is 4.79 Å². The van der Waals surface area contributed by atoms with Crippen LogP contribution in [0.1, 0.15) is 46.1 Å². The van der Waals surface area contributed by atoms with Crippen molar-refractivity contribution in [3.8, 4) is 0 Å². The lowest BCUT2D eigenvalue weighted by Gasteiger charge is -2.24. The molecule has 1 saturated carbocycles. The van der Waals surface area contributed by atoms with Crippen LogP contribution in [-0.2, 0) is 11.2 Å². The van der Waals surface area contributed by atoms with Crippen LogP contribution in [-0.4, -0.2) is 21.6 Å². The van der Waals surface area contributed by atoms with Gasteiger partial charge in [-0.25, -0.2) is 9.97 Å². The molecule has 3 heterocycles. The van der Waals surface area contributed by atoms with Crippen LogP contribution in [0.4, 0.5) is 0 Å². The van der Waals surface area contributed by atoms with Gasteiger partial charge < -0.3 is 5.32 Å². The Balaban J connectivity index is 1.55. The van der Waals surface area contributed by atoms with Gasteiger partial charge in [0, 0.05) is 16.8 Å². The van der Waals surface area contributed by atoms with Crippen LogP contribution < -0.4 is 5.32 Å². The maximum absolute atomic E-state index is 12.9. The van der Waals surface area contributed by atoms with E-state index in [2.05, 4.69) is 26.7 Å². The highest BCUT2D eigenvalue weighted by molar-refractivity contribution is 8.00. The van der Waals surface area contributed by atoms with Crippen LogP contribution in [0.3, 0.4) is 0 Å². The standard InChI is InChI=1S/C17H19N3OS2/c1-10-4-7-18-16(19-10)14(11-2-3-11)20-17(21)15-12-5-8-22-13(12)6-9-23-15/h4-5,7-8,11,14-15H,2-3,6,9H2,1H3,(H,20,21)/t14-,15-/m0/s1. The van der Waals surface area contributed by atoms with Gasteiger partial charge >= 0.3 is 0 Å². The Morgan fingerprint density at radius 3 is 3.04 bits per heavy atom. The number of fused-ring (bicyclic) bond motifs is 1. The van der Waals surface area contributed by atoms with Crippen molar-refractivity contribution in [3.63, 3.8) is 0 Å². The number of thioether (sulfide) groups is 1. The van der Waals surface area contributed by atoms with E-state index < -0.39 is 0 Å². The second-order valence-corrected chi connectivity index (χ2v) is 8.39. The molecule has 0 saturated heterocycles. The summed E-state index contributed by atoms with van der Waals surface area (Å²) < 4.78 is 0. The highest BCUT2D eigenvalue weighted by Gasteiger charge is 2.37. The third-order valence-electron chi connectivity index (χ3n) is 4.40. The predicted molar refractivity (Wildman–Crippen MR) is 93.6 cm³/mol. The summed E-state index contributed by atoms with van der Waals surface area (Å²) in [6.45, 7) is 1.96. The van der Waals surface area contributed by atoms with E-state index in [0.717, 1.165) is 36.5 Å². The average Bonchev–Trinajstić information content (AvgIpc) is 3.28. The van der Waals surface area contributed by atoms with Crippen molar-refractivity contribution in [2.45, 2.75) is 37.5 Å². The van der Waals surface area contributed by atoms with Gasteiger partial charge in [-0.2, -0.15) is 0 Å². The van der Waals surface area contributed by atoms with Crippen LogP contribution in [0, 0.1) is 12.8 Å². The molecule has 2 aromatic rings. The van der Waals surface area contributed by atoms with E-state index >= 15 is 0 Å². The van der Waals surface area contributed by atoms with Crippen molar-refractivity contribution in [1.29, 1.82) is 0 Å². The number of thiophene rings is 1. The molecule has 120 valence electrons. The number of rotatable bonds is 4. The third-order valence-corrected chi connectivity index (χ3v) is 6.63. The van der Waals surface area contributed by atoms with Crippen LogP contribution in [0.2, 0.25) is 0 Å². The van der Waals surface area contributed by atoms with Crippen molar-refractivity contribution in [2.24, 2.45) is 5.92 Å². The second-order valence-electron chi connectivity index (χ2n) is 6.18. The van der Waals surface area contributed by atoms with Crippen molar-refractivity contribution in [2.75, 3.05) is 5.75 Å². The van der Waals surface area contributed by atoms with E-state index in [1.165, 1.54) is 10.4 Å². The van der Waals surface area contributed by atoms with Crippen molar-refractivity contribution < 1.29 is 4.79 Å². The van der Waals surface area contributed by atoms with Gasteiger partial charge in [-0.1, -0.05) is 0 Å². The molecule has 0 radical (unpaired) electrons. The first-order chi connectivity index (χ1) is 11.2. The first kappa shape index (κ1) is 15.1. The highest BCUT2D eigenvalue weighted by atomic mass is 32.2. The number of nitrogens with zero attached hydrogens (tertiary/aromatic N) is 2. The lowest BCUT2D eigenvalue weighted by atomic mass is 10.1. The zero-order valence-electron chi connectivity index (χ0n) is 13.0. The molecule has 1 fully saturated rings. The summed E-state index contributed by atoms with van der Waals surface area (Å²) in [7, 11) is 0. The number of carbonyl (C=O) groups excluding carboxylic acids is 1. The molecule has 6 heteroatoms. The molecule has 1 amide bonds. The van der Waals surface area contributed by atoms with E-state index in [1.807, 2.05) is 13.0 Å². The number of carbonyl (C=O) groups is 1. The lowest BCUT2D eigenvalue weighted by Crippen LogP contribution is -2.35. The van der Waals surface area contributed by atoms with Crippen LogP contribution in [0.25, 0.3) is 0 Å². The molecule has 1 N–H and O–H groups in total. The average molecular weight is 345 g/mol. The Morgan fingerprint density at radius 1 is 1.39 bits per heavy atom. The molecule has 2 aliphatic rings.